The van der Waals surface area contributed by atoms with Gasteiger partial charge in [-0.15, -0.1) is 0 Å². The highest BCUT2D eigenvalue weighted by Crippen LogP contribution is 2.20. The summed E-state index contributed by atoms with van der Waals surface area (Å²) < 4.78 is 26.5. The van der Waals surface area contributed by atoms with E-state index in [1.54, 1.807) is 18.7 Å². The average molecular weight is 247 g/mol. The van der Waals surface area contributed by atoms with Crippen LogP contribution in [0.5, 0.6) is 0 Å². The fraction of sp³-hybridized carbons (Fsp3) is 0.625. The highest BCUT2D eigenvalue weighted by molar-refractivity contribution is 7.99. The van der Waals surface area contributed by atoms with Crippen molar-refractivity contribution in [1.82, 2.24) is 14.9 Å². The van der Waals surface area contributed by atoms with Gasteiger partial charge in [-0.2, -0.15) is 16.9 Å². The van der Waals surface area contributed by atoms with Crippen molar-refractivity contribution >= 4 is 21.8 Å². The van der Waals surface area contributed by atoms with Gasteiger partial charge in [0.25, 0.3) is 0 Å². The third-order valence-electron chi connectivity index (χ3n) is 2.32. The lowest BCUT2D eigenvalue weighted by Gasteiger charge is -2.10. The van der Waals surface area contributed by atoms with E-state index in [0.717, 1.165) is 17.9 Å². The highest BCUT2D eigenvalue weighted by Gasteiger charge is 2.25. The topological polar surface area (TPSA) is 74.8 Å². The van der Waals surface area contributed by atoms with Crippen molar-refractivity contribution in [2.24, 2.45) is 0 Å². The molecular weight excluding hydrogens is 234 g/mol. The number of thioether (sulfide) groups is 1. The molecule has 1 unspecified atom stereocenters. The maximum absolute atomic E-state index is 11.9. The van der Waals surface area contributed by atoms with Gasteiger partial charge in [-0.1, -0.05) is 0 Å². The van der Waals surface area contributed by atoms with Gasteiger partial charge in [0.2, 0.25) is 10.0 Å². The molecule has 84 valence electrons. The lowest BCUT2D eigenvalue weighted by atomic mass is 10.3. The van der Waals surface area contributed by atoms with E-state index in [0.29, 0.717) is 5.69 Å². The number of sulfonamides is 1. The molecular formula is C8H13N3O2S2. The summed E-state index contributed by atoms with van der Waals surface area (Å²) in [5, 5.41) is 6.34. The molecule has 1 saturated heterocycles. The van der Waals surface area contributed by atoms with Gasteiger partial charge in [0.1, 0.15) is 4.90 Å². The second-order valence-corrected chi connectivity index (χ2v) is 6.37. The second-order valence-electron chi connectivity index (χ2n) is 3.54. The number of aromatic amines is 1. The summed E-state index contributed by atoms with van der Waals surface area (Å²) in [4.78, 5) is 0.249. The van der Waals surface area contributed by atoms with Gasteiger partial charge < -0.3 is 0 Å². The summed E-state index contributed by atoms with van der Waals surface area (Å²) in [6, 6.07) is 0.0642. The zero-order chi connectivity index (χ0) is 10.9. The standard InChI is InChI=1S/C8H13N3O2S2/c1-6-8(4-9-10-6)15(12,13)11-7-2-3-14-5-7/h4,7,11H,2-3,5H2,1H3,(H,9,10). The molecule has 1 aromatic rings. The lowest BCUT2D eigenvalue weighted by Crippen LogP contribution is -2.34. The Hall–Kier alpha value is -0.530. The van der Waals surface area contributed by atoms with Gasteiger partial charge in [-0.25, -0.2) is 13.1 Å². The summed E-state index contributed by atoms with van der Waals surface area (Å²) in [7, 11) is -3.39. The quantitative estimate of drug-likeness (QED) is 0.815. The Morgan fingerprint density at radius 1 is 1.67 bits per heavy atom. The van der Waals surface area contributed by atoms with Gasteiger partial charge in [-0.3, -0.25) is 5.10 Å². The van der Waals surface area contributed by atoms with Crippen molar-refractivity contribution in [3.8, 4) is 0 Å². The van der Waals surface area contributed by atoms with Gasteiger partial charge in [0, 0.05) is 11.8 Å². The predicted molar refractivity (Wildman–Crippen MR) is 59.4 cm³/mol. The molecule has 0 saturated carbocycles. The molecule has 1 fully saturated rings. The zero-order valence-corrected chi connectivity index (χ0v) is 9.99. The Labute approximate surface area is 93.1 Å². The number of rotatable bonds is 3. The number of aryl methyl sites for hydroxylation is 1. The third-order valence-corrected chi connectivity index (χ3v) is 5.12. The van der Waals surface area contributed by atoms with E-state index in [-0.39, 0.29) is 10.9 Å². The highest BCUT2D eigenvalue weighted by atomic mass is 32.2. The lowest BCUT2D eigenvalue weighted by molar-refractivity contribution is 0.562. The van der Waals surface area contributed by atoms with E-state index in [1.807, 2.05) is 0 Å². The molecule has 15 heavy (non-hydrogen) atoms. The molecule has 1 aromatic heterocycles. The number of hydrogen-bond donors (Lipinski definition) is 2. The first-order valence-corrected chi connectivity index (χ1v) is 7.33. The molecule has 0 spiro atoms. The van der Waals surface area contributed by atoms with Crippen LogP contribution in [0.25, 0.3) is 0 Å². The average Bonchev–Trinajstić information content (AvgIpc) is 2.75. The minimum Gasteiger partial charge on any atom is -0.281 e. The Morgan fingerprint density at radius 3 is 3.00 bits per heavy atom. The summed E-state index contributed by atoms with van der Waals surface area (Å²) >= 11 is 1.77. The van der Waals surface area contributed by atoms with Crippen LogP contribution < -0.4 is 4.72 Å². The van der Waals surface area contributed by atoms with Crippen molar-refractivity contribution in [3.63, 3.8) is 0 Å². The maximum Gasteiger partial charge on any atom is 0.244 e. The molecule has 0 radical (unpaired) electrons. The normalized spacial score (nSPS) is 22.1. The monoisotopic (exact) mass is 247 g/mol. The summed E-state index contributed by atoms with van der Waals surface area (Å²) in [6.07, 6.45) is 2.25. The Bertz CT molecular complexity index is 434. The van der Waals surface area contributed by atoms with Crippen molar-refractivity contribution in [1.29, 1.82) is 0 Å². The molecule has 0 amide bonds. The molecule has 2 N–H and O–H groups in total. The molecule has 0 aromatic carbocycles. The first-order chi connectivity index (χ1) is 7.09. The fourth-order valence-corrected chi connectivity index (χ4v) is 4.19. The van der Waals surface area contributed by atoms with Gasteiger partial charge in [0.05, 0.1) is 11.9 Å². The van der Waals surface area contributed by atoms with E-state index in [9.17, 15) is 8.42 Å². The Balaban J connectivity index is 2.16. The van der Waals surface area contributed by atoms with Gasteiger partial charge in [0.15, 0.2) is 0 Å². The SMILES string of the molecule is Cc1[nH]ncc1S(=O)(=O)NC1CCSC1. The number of aromatic nitrogens is 2. The van der Waals surface area contributed by atoms with Gasteiger partial charge >= 0.3 is 0 Å². The predicted octanol–water partition coefficient (Wildman–Crippen LogP) is 0.502. The molecule has 0 aliphatic carbocycles. The number of nitrogens with zero attached hydrogens (tertiary/aromatic N) is 1. The summed E-state index contributed by atoms with van der Waals surface area (Å²) in [6.45, 7) is 1.70. The van der Waals surface area contributed by atoms with Crippen LogP contribution in [0.15, 0.2) is 11.1 Å². The fourth-order valence-electron chi connectivity index (χ4n) is 1.52. The molecule has 1 atom stereocenters. The van der Waals surface area contributed by atoms with Crippen molar-refractivity contribution in [2.75, 3.05) is 11.5 Å². The zero-order valence-electron chi connectivity index (χ0n) is 8.36. The van der Waals surface area contributed by atoms with Crippen LogP contribution in [-0.2, 0) is 10.0 Å². The van der Waals surface area contributed by atoms with Crippen LogP contribution >= 0.6 is 11.8 Å². The summed E-state index contributed by atoms with van der Waals surface area (Å²) in [5.41, 5.74) is 0.577. The van der Waals surface area contributed by atoms with Crippen LogP contribution in [0, 0.1) is 6.92 Å². The van der Waals surface area contributed by atoms with Crippen LogP contribution in [0.1, 0.15) is 12.1 Å². The molecule has 1 aliphatic rings. The largest absolute Gasteiger partial charge is 0.281 e. The Kier molecular flexibility index (Phi) is 3.03. The molecule has 5 nitrogen and oxygen atoms in total. The first-order valence-electron chi connectivity index (χ1n) is 4.69. The Morgan fingerprint density at radius 2 is 2.47 bits per heavy atom. The van der Waals surface area contributed by atoms with E-state index in [1.165, 1.54) is 6.20 Å². The molecule has 7 heteroatoms. The van der Waals surface area contributed by atoms with Crippen molar-refractivity contribution in [3.05, 3.63) is 11.9 Å². The van der Waals surface area contributed by atoms with Crippen molar-refractivity contribution in [2.45, 2.75) is 24.3 Å². The molecule has 1 aliphatic heterocycles. The second kappa shape index (κ2) is 4.15. The van der Waals surface area contributed by atoms with Crippen LogP contribution in [0.4, 0.5) is 0 Å². The van der Waals surface area contributed by atoms with Crippen LogP contribution in [0.3, 0.4) is 0 Å². The van der Waals surface area contributed by atoms with Crippen LogP contribution in [-0.4, -0.2) is 36.2 Å². The first kappa shape index (κ1) is 11.0. The minimum absolute atomic E-state index is 0.0642. The van der Waals surface area contributed by atoms with Crippen LogP contribution in [0.2, 0.25) is 0 Å². The smallest absolute Gasteiger partial charge is 0.244 e. The van der Waals surface area contributed by atoms with Crippen molar-refractivity contribution < 1.29 is 8.42 Å². The van der Waals surface area contributed by atoms with E-state index in [4.69, 9.17) is 0 Å². The number of nitrogens with one attached hydrogen (secondary N) is 2. The third kappa shape index (κ3) is 2.35. The number of hydrogen-bond acceptors (Lipinski definition) is 4. The van der Waals surface area contributed by atoms with E-state index in [2.05, 4.69) is 14.9 Å². The minimum atomic E-state index is -3.39. The van der Waals surface area contributed by atoms with E-state index < -0.39 is 10.0 Å². The number of H-pyrrole nitrogens is 1. The van der Waals surface area contributed by atoms with E-state index >= 15 is 0 Å². The van der Waals surface area contributed by atoms with Gasteiger partial charge in [-0.05, 0) is 19.1 Å². The maximum atomic E-state index is 11.9. The molecule has 2 heterocycles. The molecule has 2 rings (SSSR count). The molecule has 0 bridgehead atoms. The summed E-state index contributed by atoms with van der Waals surface area (Å²) in [5.74, 6) is 1.88.